The van der Waals surface area contributed by atoms with Crippen molar-refractivity contribution in [3.8, 4) is 11.1 Å². The molecule has 306 valence electrons. The van der Waals surface area contributed by atoms with Gasteiger partial charge in [-0.25, -0.2) is 12.1 Å². The van der Waals surface area contributed by atoms with Gasteiger partial charge in [-0.1, -0.05) is 143 Å². The molecule has 1 aliphatic carbocycles. The van der Waals surface area contributed by atoms with E-state index in [0.717, 1.165) is 6.42 Å². The van der Waals surface area contributed by atoms with Crippen molar-refractivity contribution >= 4 is 30.7 Å². The van der Waals surface area contributed by atoms with Crippen molar-refractivity contribution in [2.24, 2.45) is 0 Å². The van der Waals surface area contributed by atoms with Gasteiger partial charge < -0.3 is 14.9 Å². The third-order valence-corrected chi connectivity index (χ3v) is 23.0. The monoisotopic (exact) mass is 858 g/mol. The second-order valence-corrected chi connectivity index (χ2v) is 27.1. The molecule has 0 aromatic heterocycles. The molecule has 0 nitrogen and oxygen atoms in total. The fraction of sp³-hybridized carbons (Fsp3) is 0.396. The maximum absolute atomic E-state index is 3.67. The van der Waals surface area contributed by atoms with E-state index in [9.17, 15) is 0 Å². The van der Waals surface area contributed by atoms with Gasteiger partial charge in [-0.15, -0.1) is 11.1 Å². The van der Waals surface area contributed by atoms with E-state index in [1.807, 2.05) is 30.3 Å². The van der Waals surface area contributed by atoms with E-state index in [1.54, 1.807) is 10.4 Å². The molecule has 0 fully saturated rings. The number of fused-ring (bicyclic) bond motifs is 3. The van der Waals surface area contributed by atoms with E-state index in [4.69, 9.17) is 0 Å². The van der Waals surface area contributed by atoms with Crippen LogP contribution in [0.1, 0.15) is 105 Å². The zero-order valence-electron chi connectivity index (χ0n) is 38.0. The van der Waals surface area contributed by atoms with Crippen molar-refractivity contribution in [1.29, 1.82) is 0 Å². The summed E-state index contributed by atoms with van der Waals surface area (Å²) in [6, 6.07) is 56.8. The standard InChI is InChI=1S/C21H25.2C12H19Si.C5H5.2CH3.CH2.Zr/c1-20(2,3)16-7-9-18-14(12-16)11-15-13-17(21(4,5)6)8-10-19(15)18;2*1-4-13(5-2,6-3)12-10-8-7-9-11-12;1-2-4-5-3-1;;;;/h7-10,12H,11H2,1-6H3;2*8-11H,4-6H2,1-3H3;1-5H;2*1H3;1H2;/q6*-1;;. The quantitative estimate of drug-likeness (QED) is 0.106. The normalized spacial score (nSPS) is 11.4. The van der Waals surface area contributed by atoms with Gasteiger partial charge in [0.15, 0.2) is 0 Å². The van der Waals surface area contributed by atoms with E-state index >= 15 is 0 Å². The van der Waals surface area contributed by atoms with Crippen molar-refractivity contribution < 1.29 is 24.2 Å². The van der Waals surface area contributed by atoms with Crippen molar-refractivity contribution in [3.63, 3.8) is 0 Å². The minimum Gasteiger partial charge on any atom is -0.358 e. The summed E-state index contributed by atoms with van der Waals surface area (Å²) < 4.78 is 3.34. The van der Waals surface area contributed by atoms with Crippen molar-refractivity contribution in [3.05, 3.63) is 165 Å². The van der Waals surface area contributed by atoms with E-state index in [-0.39, 0.29) is 25.7 Å². The van der Waals surface area contributed by atoms with Crippen molar-refractivity contribution in [2.45, 2.75) is 137 Å². The zero-order chi connectivity index (χ0) is 40.4. The maximum Gasteiger partial charge on any atom is -0.172 e. The van der Waals surface area contributed by atoms with E-state index < -0.39 is 16.1 Å². The first-order valence-corrected chi connectivity index (χ1v) is 27.4. The van der Waals surface area contributed by atoms with Crippen LogP contribution in [0.3, 0.4) is 0 Å². The SMILES string of the molecule is CC(C)(C)c1[c-]c2c(cc1)-c1ccc(C(C)(C)C)cc1C2.CC[Si](CC)(CC)c1cc[c-]cc1.CC[Si](CC)(CC)c1cc[c-]cc1.[CH2]=[Zr].[CH3-].[CH3-].c1cc[cH-]c1. The van der Waals surface area contributed by atoms with Crippen LogP contribution in [0.25, 0.3) is 11.1 Å². The Morgan fingerprint density at radius 3 is 1.34 bits per heavy atom. The fourth-order valence-electron chi connectivity index (χ4n) is 7.55. The Morgan fingerprint density at radius 2 is 1.00 bits per heavy atom. The summed E-state index contributed by atoms with van der Waals surface area (Å²) in [6.45, 7) is 27.7. The minimum absolute atomic E-state index is 0. The summed E-state index contributed by atoms with van der Waals surface area (Å²) >= 11 is 1.30. The third-order valence-electron chi connectivity index (χ3n) is 11.7. The number of rotatable bonds is 8. The van der Waals surface area contributed by atoms with Gasteiger partial charge in [0.05, 0.1) is 16.1 Å². The van der Waals surface area contributed by atoms with Gasteiger partial charge in [0.1, 0.15) is 0 Å². The molecule has 6 rings (SSSR count). The molecule has 0 saturated carbocycles. The Labute approximate surface area is 364 Å². The molecular formula is C53H76Si2Zr-6. The zero-order valence-corrected chi connectivity index (χ0v) is 42.5. The molecule has 0 spiro atoms. The summed E-state index contributed by atoms with van der Waals surface area (Å²) in [7, 11) is -2.23. The van der Waals surface area contributed by atoms with Crippen LogP contribution < -0.4 is 10.4 Å². The molecule has 0 unspecified atom stereocenters. The molecule has 1 aliphatic rings. The second kappa shape index (κ2) is 25.7. The minimum atomic E-state index is -1.11. The van der Waals surface area contributed by atoms with Gasteiger partial charge in [-0.3, -0.25) is 0 Å². The van der Waals surface area contributed by atoms with Crippen LogP contribution in [-0.4, -0.2) is 20.4 Å². The first kappa shape index (κ1) is 53.4. The number of hydrogen-bond donors (Lipinski definition) is 0. The summed E-state index contributed by atoms with van der Waals surface area (Å²) in [6.07, 6.45) is 1.03. The summed E-state index contributed by atoms with van der Waals surface area (Å²) in [5, 5.41) is 3.22. The molecule has 5 aromatic carbocycles. The summed E-state index contributed by atoms with van der Waals surface area (Å²) in [4.78, 5) is 0. The first-order chi connectivity index (χ1) is 25.7. The number of benzene rings is 4. The van der Waals surface area contributed by atoms with Crippen LogP contribution in [0.5, 0.6) is 0 Å². The van der Waals surface area contributed by atoms with E-state index in [1.165, 1.54) is 93.9 Å². The Hall–Kier alpha value is -2.58. The van der Waals surface area contributed by atoms with Gasteiger partial charge in [0, 0.05) is 0 Å². The largest absolute Gasteiger partial charge is 0.358 e. The van der Waals surface area contributed by atoms with Crippen LogP contribution in [0.4, 0.5) is 0 Å². The van der Waals surface area contributed by atoms with E-state index in [0.29, 0.717) is 0 Å². The molecule has 0 radical (unpaired) electrons. The van der Waals surface area contributed by atoms with Crippen LogP contribution >= 0.6 is 0 Å². The molecule has 3 heteroatoms. The predicted octanol–water partition coefficient (Wildman–Crippen LogP) is 14.3. The van der Waals surface area contributed by atoms with Gasteiger partial charge in [-0.2, -0.15) is 113 Å². The Bertz CT molecular complexity index is 1580. The molecule has 0 bridgehead atoms. The number of hydrogen-bond acceptors (Lipinski definition) is 0. The molecule has 5 aromatic rings. The third kappa shape index (κ3) is 14.7. The molecular weight excluding hydrogens is 784 g/mol. The average Bonchev–Trinajstić information content (AvgIpc) is 3.90. The molecule has 0 saturated heterocycles. The molecule has 0 atom stereocenters. The Balaban J connectivity index is 0.000000758. The maximum atomic E-state index is 3.67. The fourth-order valence-corrected chi connectivity index (χ4v) is 14.8. The van der Waals surface area contributed by atoms with Crippen molar-refractivity contribution in [1.82, 2.24) is 0 Å². The summed E-state index contributed by atoms with van der Waals surface area (Å²) in [5.41, 5.74) is 8.70. The molecule has 56 heavy (non-hydrogen) atoms. The molecule has 0 amide bonds. The van der Waals surface area contributed by atoms with Crippen LogP contribution in [0.2, 0.25) is 36.3 Å². The van der Waals surface area contributed by atoms with Gasteiger partial charge in [-0.05, 0) is 28.4 Å². The average molecular weight is 861 g/mol. The van der Waals surface area contributed by atoms with Gasteiger partial charge in [0.25, 0.3) is 0 Å². The smallest absolute Gasteiger partial charge is 0.172 e. The van der Waals surface area contributed by atoms with Crippen LogP contribution in [0.15, 0.2) is 109 Å². The van der Waals surface area contributed by atoms with Crippen LogP contribution in [0, 0.1) is 33.1 Å². The van der Waals surface area contributed by atoms with Gasteiger partial charge >= 0.3 is 28.4 Å². The summed E-state index contributed by atoms with van der Waals surface area (Å²) in [5.74, 6) is 0. The Kier molecular flexibility index (Phi) is 24.5. The van der Waals surface area contributed by atoms with Gasteiger partial charge in [0.2, 0.25) is 0 Å². The molecule has 0 N–H and O–H groups in total. The molecule has 0 heterocycles. The second-order valence-electron chi connectivity index (χ2n) is 16.5. The van der Waals surface area contributed by atoms with Crippen LogP contribution in [-0.2, 0) is 41.5 Å². The first-order valence-electron chi connectivity index (χ1n) is 20.4. The molecule has 0 aliphatic heterocycles. The van der Waals surface area contributed by atoms with E-state index in [2.05, 4.69) is 184 Å². The van der Waals surface area contributed by atoms with Crippen molar-refractivity contribution in [2.75, 3.05) is 0 Å². The predicted molar refractivity (Wildman–Crippen MR) is 257 cm³/mol. The topological polar surface area (TPSA) is 0 Å². The Morgan fingerprint density at radius 1 is 0.589 bits per heavy atom.